The highest BCUT2D eigenvalue weighted by atomic mass is 32.2. The second-order valence-corrected chi connectivity index (χ2v) is 2.11. The van der Waals surface area contributed by atoms with E-state index in [1.54, 1.807) is 6.21 Å². The van der Waals surface area contributed by atoms with Gasteiger partial charge in [0.15, 0.2) is 0 Å². The fourth-order valence-corrected chi connectivity index (χ4v) is 0.494. The number of terminal acetylenes is 1. The van der Waals surface area contributed by atoms with Gasteiger partial charge in [-0.15, -0.1) is 6.42 Å². The van der Waals surface area contributed by atoms with Gasteiger partial charge in [-0.05, 0) is 24.7 Å². The molecule has 0 aromatic carbocycles. The first kappa shape index (κ1) is 8.32. The minimum absolute atomic E-state index is 1.11. The van der Waals surface area contributed by atoms with Crippen molar-refractivity contribution in [2.45, 2.75) is 13.8 Å². The molecule has 0 amide bonds. The van der Waals surface area contributed by atoms with Crippen LogP contribution in [0.1, 0.15) is 13.8 Å². The summed E-state index contributed by atoms with van der Waals surface area (Å²) in [4.78, 5) is 0. The summed E-state index contributed by atoms with van der Waals surface area (Å²) in [5, 5.41) is 2.34. The van der Waals surface area contributed by atoms with Gasteiger partial charge >= 0.3 is 0 Å². The van der Waals surface area contributed by atoms with E-state index in [-0.39, 0.29) is 0 Å². The lowest BCUT2D eigenvalue weighted by Gasteiger charge is -1.82. The predicted molar refractivity (Wildman–Crippen MR) is 44.3 cm³/mol. The summed E-state index contributed by atoms with van der Waals surface area (Å²) in [6.45, 7) is 3.93. The summed E-state index contributed by atoms with van der Waals surface area (Å²) >= 11 is 1.11. The Balaban J connectivity index is 3.61. The predicted octanol–water partition coefficient (Wildman–Crippen LogP) is 2.26. The van der Waals surface area contributed by atoms with E-state index in [1.165, 1.54) is 0 Å². The fourth-order valence-electron chi connectivity index (χ4n) is 0.214. The molecule has 0 saturated carbocycles. The van der Waals surface area contributed by atoms with Gasteiger partial charge in [-0.25, -0.2) is 4.40 Å². The lowest BCUT2D eigenvalue weighted by Crippen LogP contribution is -1.71. The van der Waals surface area contributed by atoms with Crippen molar-refractivity contribution in [3.05, 3.63) is 11.6 Å². The normalized spacial score (nSPS) is 11.9. The lowest BCUT2D eigenvalue weighted by molar-refractivity contribution is 1.55. The molecule has 0 unspecified atom stereocenters. The molecule has 0 fully saturated rings. The number of nitrogens with zero attached hydrogens (tertiary/aromatic N) is 1. The molecule has 0 aromatic rings. The van der Waals surface area contributed by atoms with Crippen LogP contribution in [0.15, 0.2) is 16.0 Å². The summed E-state index contributed by atoms with van der Waals surface area (Å²) in [7, 11) is 0. The van der Waals surface area contributed by atoms with Crippen molar-refractivity contribution >= 4 is 18.2 Å². The van der Waals surface area contributed by atoms with Crippen LogP contribution in [0.25, 0.3) is 0 Å². The van der Waals surface area contributed by atoms with Crippen molar-refractivity contribution in [3.63, 3.8) is 0 Å². The number of rotatable bonds is 2. The third kappa shape index (κ3) is 5.19. The lowest BCUT2D eigenvalue weighted by atomic mass is 10.3. The van der Waals surface area contributed by atoms with E-state index < -0.39 is 0 Å². The van der Waals surface area contributed by atoms with Crippen LogP contribution in [-0.2, 0) is 0 Å². The van der Waals surface area contributed by atoms with Crippen LogP contribution in [0.5, 0.6) is 0 Å². The maximum Gasteiger partial charge on any atom is 0.0624 e. The molecule has 0 aliphatic heterocycles. The summed E-state index contributed by atoms with van der Waals surface area (Å²) in [5.41, 5.74) is 1.12. The van der Waals surface area contributed by atoms with Crippen LogP contribution in [0.3, 0.4) is 0 Å². The van der Waals surface area contributed by atoms with Gasteiger partial charge in [0.2, 0.25) is 0 Å². The number of hydrogen-bond acceptors (Lipinski definition) is 2. The Morgan fingerprint density at radius 3 is 2.89 bits per heavy atom. The molecule has 0 aromatic heterocycles. The van der Waals surface area contributed by atoms with Crippen molar-refractivity contribution in [2.75, 3.05) is 0 Å². The Morgan fingerprint density at radius 2 is 2.44 bits per heavy atom. The highest BCUT2D eigenvalue weighted by molar-refractivity contribution is 8.02. The topological polar surface area (TPSA) is 12.4 Å². The van der Waals surface area contributed by atoms with Gasteiger partial charge in [0.05, 0.1) is 11.9 Å². The summed E-state index contributed by atoms with van der Waals surface area (Å²) in [6, 6.07) is 0. The van der Waals surface area contributed by atoms with Crippen LogP contribution in [0, 0.1) is 11.7 Å². The average molecular weight is 139 g/mol. The van der Waals surface area contributed by atoms with E-state index in [2.05, 4.69) is 9.65 Å². The van der Waals surface area contributed by atoms with Crippen LogP contribution in [0.2, 0.25) is 0 Å². The van der Waals surface area contributed by atoms with E-state index in [1.807, 2.05) is 19.9 Å². The Bertz CT molecular complexity index is 162. The molecule has 0 spiro atoms. The third-order valence-electron chi connectivity index (χ3n) is 0.817. The summed E-state index contributed by atoms with van der Waals surface area (Å²) in [5.74, 6) is 0. The smallest absolute Gasteiger partial charge is 0.0624 e. The molecule has 0 radical (unpaired) electrons. The number of allylic oxidation sites excluding steroid dienone is 2. The molecule has 48 valence electrons. The van der Waals surface area contributed by atoms with Crippen LogP contribution in [0.4, 0.5) is 0 Å². The fraction of sp³-hybridized carbons (Fsp3) is 0.286. The highest BCUT2D eigenvalue weighted by Gasteiger charge is 1.75. The van der Waals surface area contributed by atoms with Gasteiger partial charge < -0.3 is 0 Å². The maximum absolute atomic E-state index is 4.94. The second kappa shape index (κ2) is 5.46. The first-order valence-corrected chi connectivity index (χ1v) is 3.36. The Kier molecular flexibility index (Phi) is 5.04. The largest absolute Gasteiger partial charge is 0.211 e. The Hall–Kier alpha value is -0.680. The molecule has 0 heterocycles. The van der Waals surface area contributed by atoms with Gasteiger partial charge in [-0.2, -0.15) is 0 Å². The van der Waals surface area contributed by atoms with E-state index in [0.717, 1.165) is 17.5 Å². The zero-order valence-corrected chi connectivity index (χ0v) is 6.40. The van der Waals surface area contributed by atoms with Gasteiger partial charge in [0.25, 0.3) is 0 Å². The minimum atomic E-state index is 1.11. The summed E-state index contributed by atoms with van der Waals surface area (Å²) in [6.07, 6.45) is 8.65. The van der Waals surface area contributed by atoms with Crippen LogP contribution < -0.4 is 0 Å². The molecule has 1 nitrogen and oxygen atoms in total. The highest BCUT2D eigenvalue weighted by Crippen LogP contribution is 1.97. The van der Waals surface area contributed by atoms with Crippen LogP contribution in [-0.4, -0.2) is 6.21 Å². The van der Waals surface area contributed by atoms with Gasteiger partial charge in [-0.3, -0.25) is 0 Å². The van der Waals surface area contributed by atoms with Gasteiger partial charge in [0.1, 0.15) is 0 Å². The van der Waals surface area contributed by atoms with Crippen LogP contribution >= 0.6 is 11.9 Å². The molecule has 2 heteroatoms. The SMILES string of the molecule is C#CSN=C/C(C)=C/C. The van der Waals surface area contributed by atoms with E-state index in [0.29, 0.717) is 0 Å². The summed E-state index contributed by atoms with van der Waals surface area (Å²) < 4.78 is 3.85. The van der Waals surface area contributed by atoms with Crippen molar-refractivity contribution in [1.82, 2.24) is 0 Å². The van der Waals surface area contributed by atoms with E-state index in [4.69, 9.17) is 6.42 Å². The minimum Gasteiger partial charge on any atom is -0.211 e. The average Bonchev–Trinajstić information content (AvgIpc) is 1.89. The van der Waals surface area contributed by atoms with Gasteiger partial charge in [0, 0.05) is 6.21 Å². The molecule has 9 heavy (non-hydrogen) atoms. The monoisotopic (exact) mass is 139 g/mol. The van der Waals surface area contributed by atoms with Crippen molar-refractivity contribution in [3.8, 4) is 11.7 Å². The zero-order valence-electron chi connectivity index (χ0n) is 5.59. The molecule has 0 rings (SSSR count). The Labute approximate surface area is 60.4 Å². The van der Waals surface area contributed by atoms with Crippen molar-refractivity contribution in [2.24, 2.45) is 4.40 Å². The molecule has 0 saturated heterocycles. The first-order valence-electron chi connectivity index (χ1n) is 2.59. The number of hydrogen-bond donors (Lipinski definition) is 0. The van der Waals surface area contributed by atoms with Crippen molar-refractivity contribution < 1.29 is 0 Å². The molecule has 0 aliphatic carbocycles. The molecule has 0 atom stereocenters. The molecule has 0 aliphatic rings. The first-order chi connectivity index (χ1) is 4.31. The maximum atomic E-state index is 4.94. The van der Waals surface area contributed by atoms with Crippen molar-refractivity contribution in [1.29, 1.82) is 0 Å². The molecular formula is C7H9NS. The standard InChI is InChI=1S/C7H9NS/c1-4-7(3)6-8-9-5-2/h2,4,6H,1,3H3/b7-4+,8-6?. The second-order valence-electron chi connectivity index (χ2n) is 1.48. The third-order valence-corrected chi connectivity index (χ3v) is 1.13. The zero-order chi connectivity index (χ0) is 7.11. The molecule has 0 bridgehead atoms. The van der Waals surface area contributed by atoms with E-state index >= 15 is 0 Å². The Morgan fingerprint density at radius 1 is 1.78 bits per heavy atom. The quantitative estimate of drug-likeness (QED) is 0.325. The van der Waals surface area contributed by atoms with Gasteiger partial charge in [-0.1, -0.05) is 6.08 Å². The molecular weight excluding hydrogens is 130 g/mol. The molecule has 0 N–H and O–H groups in total. The van der Waals surface area contributed by atoms with E-state index in [9.17, 15) is 0 Å².